The summed E-state index contributed by atoms with van der Waals surface area (Å²) in [5.41, 5.74) is 0.965. The molecule has 0 bridgehead atoms. The van der Waals surface area contributed by atoms with E-state index in [1.54, 1.807) is 6.07 Å². The molecule has 0 spiro atoms. The third-order valence-corrected chi connectivity index (χ3v) is 3.46. The van der Waals surface area contributed by atoms with Crippen LogP contribution in [0, 0.1) is 3.57 Å². The molecule has 86 valence electrons. The molecule has 1 N–H and O–H groups in total. The van der Waals surface area contributed by atoms with Crippen LogP contribution in [-0.2, 0) is 9.53 Å². The molecule has 0 unspecified atom stereocenters. The highest BCUT2D eigenvalue weighted by Gasteiger charge is 2.27. The summed E-state index contributed by atoms with van der Waals surface area (Å²) in [5, 5.41) is 9.52. The number of esters is 1. The summed E-state index contributed by atoms with van der Waals surface area (Å²) < 4.78 is 10.8. The lowest BCUT2D eigenvalue weighted by Crippen LogP contribution is -2.09. The molecule has 0 saturated carbocycles. The van der Waals surface area contributed by atoms with Crippen LogP contribution in [0.1, 0.15) is 17.9 Å². The Morgan fingerprint density at radius 3 is 3.12 bits per heavy atom. The Morgan fingerprint density at radius 1 is 1.69 bits per heavy atom. The van der Waals surface area contributed by atoms with Crippen LogP contribution in [0.5, 0.6) is 11.5 Å². The molecule has 1 aromatic carbocycles. The van der Waals surface area contributed by atoms with Gasteiger partial charge in [0.15, 0.2) is 0 Å². The van der Waals surface area contributed by atoms with Crippen molar-refractivity contribution in [3.05, 3.63) is 21.3 Å². The maximum atomic E-state index is 11.2. The van der Waals surface area contributed by atoms with Gasteiger partial charge in [0.2, 0.25) is 0 Å². The molecule has 0 saturated heterocycles. The van der Waals surface area contributed by atoms with E-state index in [4.69, 9.17) is 4.74 Å². The van der Waals surface area contributed by atoms with E-state index in [1.165, 1.54) is 7.11 Å². The van der Waals surface area contributed by atoms with E-state index >= 15 is 0 Å². The molecule has 1 aliphatic heterocycles. The first-order valence-corrected chi connectivity index (χ1v) is 5.91. The van der Waals surface area contributed by atoms with Crippen molar-refractivity contribution in [3.63, 3.8) is 0 Å². The molecule has 0 aliphatic carbocycles. The van der Waals surface area contributed by atoms with Crippen molar-refractivity contribution in [1.82, 2.24) is 0 Å². The van der Waals surface area contributed by atoms with E-state index in [1.807, 2.05) is 28.7 Å². The number of hydrogen-bond acceptors (Lipinski definition) is 4. The van der Waals surface area contributed by atoms with Crippen molar-refractivity contribution >= 4 is 28.6 Å². The number of rotatable bonds is 2. The van der Waals surface area contributed by atoms with Crippen LogP contribution < -0.4 is 4.74 Å². The highest BCUT2D eigenvalue weighted by Crippen LogP contribution is 2.40. The number of ether oxygens (including phenoxy) is 2. The monoisotopic (exact) mass is 334 g/mol. The van der Waals surface area contributed by atoms with Gasteiger partial charge in [0, 0.05) is 17.5 Å². The first kappa shape index (κ1) is 11.5. The highest BCUT2D eigenvalue weighted by atomic mass is 127. The number of methoxy groups -OCH3 is 1. The van der Waals surface area contributed by atoms with Gasteiger partial charge >= 0.3 is 5.97 Å². The van der Waals surface area contributed by atoms with Gasteiger partial charge in [0.1, 0.15) is 11.5 Å². The molecule has 4 nitrogen and oxygen atoms in total. The van der Waals surface area contributed by atoms with Crippen LogP contribution in [0.3, 0.4) is 0 Å². The fraction of sp³-hybridized carbons (Fsp3) is 0.364. The summed E-state index contributed by atoms with van der Waals surface area (Å²) in [7, 11) is 1.37. The summed E-state index contributed by atoms with van der Waals surface area (Å²) >= 11 is 2.05. The third kappa shape index (κ3) is 2.09. The fourth-order valence-corrected chi connectivity index (χ4v) is 2.23. The molecule has 0 radical (unpaired) electrons. The maximum absolute atomic E-state index is 11.2. The van der Waals surface area contributed by atoms with Gasteiger partial charge in [-0.05, 0) is 28.7 Å². The van der Waals surface area contributed by atoms with Gasteiger partial charge in [-0.15, -0.1) is 0 Å². The van der Waals surface area contributed by atoms with Gasteiger partial charge in [-0.25, -0.2) is 0 Å². The van der Waals surface area contributed by atoms with Crippen LogP contribution in [0.4, 0.5) is 0 Å². The molecule has 2 rings (SSSR count). The Labute approximate surface area is 107 Å². The van der Waals surface area contributed by atoms with Gasteiger partial charge in [0.05, 0.1) is 23.7 Å². The molecule has 0 aromatic heterocycles. The quantitative estimate of drug-likeness (QED) is 0.664. The zero-order valence-electron chi connectivity index (χ0n) is 8.70. The molecular formula is C11H11IO4. The number of aromatic hydroxyl groups is 1. The zero-order chi connectivity index (χ0) is 11.7. The van der Waals surface area contributed by atoms with E-state index in [0.29, 0.717) is 18.8 Å². The number of carbonyl (C=O) groups is 1. The molecule has 1 aliphatic rings. The van der Waals surface area contributed by atoms with Gasteiger partial charge < -0.3 is 14.6 Å². The number of benzene rings is 1. The molecule has 5 heteroatoms. The number of carbonyl (C=O) groups excluding carboxylic acids is 1. The van der Waals surface area contributed by atoms with Crippen molar-refractivity contribution in [2.75, 3.05) is 13.7 Å². The normalized spacial score (nSPS) is 17.8. The average molecular weight is 334 g/mol. The molecule has 0 fully saturated rings. The van der Waals surface area contributed by atoms with Crippen molar-refractivity contribution in [3.8, 4) is 11.5 Å². The Bertz CT molecular complexity index is 430. The van der Waals surface area contributed by atoms with Crippen LogP contribution in [0.15, 0.2) is 12.1 Å². The number of phenols is 1. The minimum absolute atomic E-state index is 0.0246. The second kappa shape index (κ2) is 4.48. The van der Waals surface area contributed by atoms with Crippen LogP contribution in [0.25, 0.3) is 0 Å². The summed E-state index contributed by atoms with van der Waals surface area (Å²) in [6.45, 7) is 0.462. The highest BCUT2D eigenvalue weighted by molar-refractivity contribution is 14.1. The number of halogens is 1. The topological polar surface area (TPSA) is 55.8 Å². The SMILES string of the molecule is COC(=O)C[C@@H]1COc2cc(O)c(I)cc21. The Kier molecular flexibility index (Phi) is 3.22. The number of fused-ring (bicyclic) bond motifs is 1. The Hall–Kier alpha value is -0.980. The minimum Gasteiger partial charge on any atom is -0.507 e. The lowest BCUT2D eigenvalue weighted by atomic mass is 9.98. The number of phenolic OH excluding ortho intramolecular Hbond substituents is 1. The zero-order valence-corrected chi connectivity index (χ0v) is 10.9. The molecule has 1 heterocycles. The summed E-state index contributed by atoms with van der Waals surface area (Å²) in [6.07, 6.45) is 0.310. The first-order valence-electron chi connectivity index (χ1n) is 4.84. The second-order valence-electron chi connectivity index (χ2n) is 3.63. The molecule has 1 aromatic rings. The van der Waals surface area contributed by atoms with Crippen molar-refractivity contribution in [1.29, 1.82) is 0 Å². The van der Waals surface area contributed by atoms with Gasteiger partial charge in [-0.2, -0.15) is 0 Å². The molecule has 0 amide bonds. The van der Waals surface area contributed by atoms with Crippen LogP contribution >= 0.6 is 22.6 Å². The maximum Gasteiger partial charge on any atom is 0.306 e. The van der Waals surface area contributed by atoms with Gasteiger partial charge in [-0.3, -0.25) is 4.79 Å². The van der Waals surface area contributed by atoms with Crippen molar-refractivity contribution in [2.24, 2.45) is 0 Å². The second-order valence-corrected chi connectivity index (χ2v) is 4.79. The average Bonchev–Trinajstić information content (AvgIpc) is 2.62. The predicted molar refractivity (Wildman–Crippen MR) is 65.7 cm³/mol. The smallest absolute Gasteiger partial charge is 0.306 e. The van der Waals surface area contributed by atoms with E-state index in [0.717, 1.165) is 9.13 Å². The van der Waals surface area contributed by atoms with E-state index in [-0.39, 0.29) is 17.6 Å². The summed E-state index contributed by atoms with van der Waals surface area (Å²) in [5.74, 6) is 0.644. The van der Waals surface area contributed by atoms with E-state index in [9.17, 15) is 9.90 Å². The van der Waals surface area contributed by atoms with Crippen molar-refractivity contribution in [2.45, 2.75) is 12.3 Å². The lowest BCUT2D eigenvalue weighted by Gasteiger charge is -2.07. The minimum atomic E-state index is -0.246. The fourth-order valence-electron chi connectivity index (χ4n) is 1.74. The predicted octanol–water partition coefficient (Wildman–Crippen LogP) is 2.04. The van der Waals surface area contributed by atoms with E-state index < -0.39 is 0 Å². The molecule has 16 heavy (non-hydrogen) atoms. The molecule has 1 atom stereocenters. The lowest BCUT2D eigenvalue weighted by molar-refractivity contribution is -0.141. The van der Waals surface area contributed by atoms with Crippen molar-refractivity contribution < 1.29 is 19.4 Å². The van der Waals surface area contributed by atoms with Gasteiger partial charge in [-0.1, -0.05) is 0 Å². The van der Waals surface area contributed by atoms with Crippen LogP contribution in [-0.4, -0.2) is 24.8 Å². The Balaban J connectivity index is 2.25. The Morgan fingerprint density at radius 2 is 2.44 bits per heavy atom. The van der Waals surface area contributed by atoms with E-state index in [2.05, 4.69) is 4.74 Å². The third-order valence-electron chi connectivity index (χ3n) is 2.60. The summed E-state index contributed by atoms with van der Waals surface area (Å²) in [4.78, 5) is 11.2. The largest absolute Gasteiger partial charge is 0.507 e. The first-order chi connectivity index (χ1) is 7.61. The van der Waals surface area contributed by atoms with Crippen LogP contribution in [0.2, 0.25) is 0 Å². The van der Waals surface area contributed by atoms with Gasteiger partial charge in [0.25, 0.3) is 0 Å². The molecular weight excluding hydrogens is 323 g/mol. The number of hydrogen-bond donors (Lipinski definition) is 1. The standard InChI is InChI=1S/C11H11IO4/c1-15-11(14)2-6-5-16-10-4-9(13)8(12)3-7(6)10/h3-4,6,13H,2,5H2,1H3/t6-/m1/s1. The summed E-state index contributed by atoms with van der Waals surface area (Å²) in [6, 6.07) is 3.44.